The van der Waals surface area contributed by atoms with E-state index in [0.717, 1.165) is 5.69 Å². The number of ether oxygens (including phenoxy) is 1. The van der Waals surface area contributed by atoms with Crippen molar-refractivity contribution in [3.8, 4) is 0 Å². The van der Waals surface area contributed by atoms with E-state index in [1.807, 2.05) is 20.8 Å². The second kappa shape index (κ2) is 5.55. The maximum absolute atomic E-state index is 11.9. The van der Waals surface area contributed by atoms with Crippen molar-refractivity contribution in [3.05, 3.63) is 51.8 Å². The van der Waals surface area contributed by atoms with Gasteiger partial charge in [0.1, 0.15) is 12.3 Å². The summed E-state index contributed by atoms with van der Waals surface area (Å²) in [5.74, 6) is 0.0218. The van der Waals surface area contributed by atoms with Gasteiger partial charge in [-0.1, -0.05) is 20.8 Å². The van der Waals surface area contributed by atoms with Crippen molar-refractivity contribution in [2.24, 2.45) is 0 Å². The van der Waals surface area contributed by atoms with Crippen molar-refractivity contribution in [1.82, 2.24) is 9.78 Å². The fourth-order valence-electron chi connectivity index (χ4n) is 1.78. The Labute approximate surface area is 122 Å². The van der Waals surface area contributed by atoms with Crippen LogP contribution in [0.4, 0.5) is 0 Å². The van der Waals surface area contributed by atoms with E-state index >= 15 is 0 Å². The number of methoxy groups -OCH3 is 1. The number of furan rings is 1. The molecule has 6 heteroatoms. The summed E-state index contributed by atoms with van der Waals surface area (Å²) in [6, 6.07) is 6.35. The number of nitrogens with zero attached hydrogens (tertiary/aromatic N) is 2. The molecule has 0 fully saturated rings. The van der Waals surface area contributed by atoms with Gasteiger partial charge in [-0.05, 0) is 18.2 Å². The average Bonchev–Trinajstić information content (AvgIpc) is 2.87. The molecular formula is C15H18N2O4. The topological polar surface area (TPSA) is 74.3 Å². The van der Waals surface area contributed by atoms with Crippen molar-refractivity contribution in [3.63, 3.8) is 0 Å². The van der Waals surface area contributed by atoms with E-state index in [-0.39, 0.29) is 23.3 Å². The molecule has 6 nitrogen and oxygen atoms in total. The number of carbonyl (C=O) groups excluding carboxylic acids is 1. The maximum atomic E-state index is 11.9. The van der Waals surface area contributed by atoms with Crippen LogP contribution in [0.15, 0.2) is 33.5 Å². The van der Waals surface area contributed by atoms with Crippen molar-refractivity contribution in [1.29, 1.82) is 0 Å². The fraction of sp³-hybridized carbons (Fsp3) is 0.400. The Morgan fingerprint density at radius 2 is 2.00 bits per heavy atom. The summed E-state index contributed by atoms with van der Waals surface area (Å²) < 4.78 is 11.2. The molecule has 112 valence electrons. The summed E-state index contributed by atoms with van der Waals surface area (Å²) in [4.78, 5) is 23.2. The standard InChI is InChI=1S/C15H18N2O4/c1-15(2,3)12-7-8-13(18)17(16-12)9-10-5-6-11(21-10)14(19)20-4/h5-8H,9H2,1-4H3. The van der Waals surface area contributed by atoms with Crippen LogP contribution in [0.25, 0.3) is 0 Å². The van der Waals surface area contributed by atoms with Crippen LogP contribution in [0, 0.1) is 0 Å². The van der Waals surface area contributed by atoms with Crippen molar-refractivity contribution in [2.45, 2.75) is 32.7 Å². The summed E-state index contributed by atoms with van der Waals surface area (Å²) in [6.07, 6.45) is 0. The maximum Gasteiger partial charge on any atom is 0.373 e. The molecule has 21 heavy (non-hydrogen) atoms. The minimum Gasteiger partial charge on any atom is -0.463 e. The predicted octanol–water partition coefficient (Wildman–Crippen LogP) is 1.97. The van der Waals surface area contributed by atoms with Crippen LogP contribution in [0.5, 0.6) is 0 Å². The first kappa shape index (κ1) is 15.0. The summed E-state index contributed by atoms with van der Waals surface area (Å²) in [7, 11) is 1.28. The molecule has 0 aliphatic rings. The van der Waals surface area contributed by atoms with Gasteiger partial charge in [-0.2, -0.15) is 5.10 Å². The van der Waals surface area contributed by atoms with E-state index in [2.05, 4.69) is 9.84 Å². The highest BCUT2D eigenvalue weighted by molar-refractivity contribution is 5.86. The second-order valence-electron chi connectivity index (χ2n) is 5.72. The first-order chi connectivity index (χ1) is 9.81. The molecule has 0 unspecified atom stereocenters. The van der Waals surface area contributed by atoms with Crippen LogP contribution in [-0.4, -0.2) is 22.9 Å². The third kappa shape index (κ3) is 3.39. The monoisotopic (exact) mass is 290 g/mol. The highest BCUT2D eigenvalue weighted by Crippen LogP contribution is 2.18. The minimum absolute atomic E-state index is 0.104. The van der Waals surface area contributed by atoms with Gasteiger partial charge in [0.2, 0.25) is 5.76 Å². The first-order valence-corrected chi connectivity index (χ1v) is 6.57. The fourth-order valence-corrected chi connectivity index (χ4v) is 1.78. The lowest BCUT2D eigenvalue weighted by molar-refractivity contribution is 0.0562. The molecule has 0 bridgehead atoms. The zero-order valence-electron chi connectivity index (χ0n) is 12.5. The van der Waals surface area contributed by atoms with Crippen LogP contribution in [0.1, 0.15) is 42.8 Å². The molecule has 0 saturated carbocycles. The van der Waals surface area contributed by atoms with Gasteiger partial charge < -0.3 is 9.15 Å². The first-order valence-electron chi connectivity index (χ1n) is 6.57. The van der Waals surface area contributed by atoms with Crippen LogP contribution >= 0.6 is 0 Å². The number of carbonyl (C=O) groups is 1. The zero-order valence-corrected chi connectivity index (χ0v) is 12.5. The van der Waals surface area contributed by atoms with Gasteiger partial charge in [-0.15, -0.1) is 0 Å². The van der Waals surface area contributed by atoms with Gasteiger partial charge in [0, 0.05) is 11.5 Å². The SMILES string of the molecule is COC(=O)c1ccc(Cn2nc(C(C)(C)C)ccc2=O)o1. The van der Waals surface area contributed by atoms with E-state index in [9.17, 15) is 9.59 Å². The summed E-state index contributed by atoms with van der Waals surface area (Å²) in [5.41, 5.74) is 0.427. The molecule has 0 spiro atoms. The molecule has 0 atom stereocenters. The summed E-state index contributed by atoms with van der Waals surface area (Å²) in [6.45, 7) is 6.23. The molecular weight excluding hydrogens is 272 g/mol. The second-order valence-corrected chi connectivity index (χ2v) is 5.72. The number of rotatable bonds is 3. The molecule has 0 radical (unpaired) electrons. The number of hydrogen-bond acceptors (Lipinski definition) is 5. The van der Waals surface area contributed by atoms with E-state index < -0.39 is 5.97 Å². The Morgan fingerprint density at radius 1 is 1.29 bits per heavy atom. The highest BCUT2D eigenvalue weighted by atomic mass is 16.5. The molecule has 2 aromatic rings. The molecule has 0 aliphatic carbocycles. The Balaban J connectivity index is 2.29. The van der Waals surface area contributed by atoms with E-state index in [1.54, 1.807) is 12.1 Å². The van der Waals surface area contributed by atoms with Crippen LogP contribution < -0.4 is 5.56 Å². The molecule has 0 amide bonds. The van der Waals surface area contributed by atoms with Crippen molar-refractivity contribution in [2.75, 3.05) is 7.11 Å². The smallest absolute Gasteiger partial charge is 0.373 e. The Hall–Kier alpha value is -2.37. The summed E-state index contributed by atoms with van der Waals surface area (Å²) >= 11 is 0. The average molecular weight is 290 g/mol. The third-order valence-corrected chi connectivity index (χ3v) is 2.99. The normalized spacial score (nSPS) is 11.4. The largest absolute Gasteiger partial charge is 0.463 e. The van der Waals surface area contributed by atoms with Gasteiger partial charge >= 0.3 is 5.97 Å². The van der Waals surface area contributed by atoms with Crippen LogP contribution in [-0.2, 0) is 16.7 Å². The molecule has 0 N–H and O–H groups in total. The Morgan fingerprint density at radius 3 is 2.62 bits per heavy atom. The number of aromatic nitrogens is 2. The Bertz CT molecular complexity index is 707. The molecule has 0 aliphatic heterocycles. The van der Waals surface area contributed by atoms with Crippen molar-refractivity contribution >= 4 is 5.97 Å². The minimum atomic E-state index is -0.551. The van der Waals surface area contributed by atoms with Crippen LogP contribution in [0.2, 0.25) is 0 Å². The van der Waals surface area contributed by atoms with E-state index in [0.29, 0.717) is 5.76 Å². The van der Waals surface area contributed by atoms with Gasteiger partial charge in [-0.25, -0.2) is 9.48 Å². The Kier molecular flexibility index (Phi) is 3.97. The van der Waals surface area contributed by atoms with Crippen LogP contribution in [0.3, 0.4) is 0 Å². The molecule has 2 heterocycles. The predicted molar refractivity (Wildman–Crippen MR) is 76.3 cm³/mol. The molecule has 0 saturated heterocycles. The number of esters is 1. The molecule has 2 aromatic heterocycles. The highest BCUT2D eigenvalue weighted by Gasteiger charge is 2.17. The lowest BCUT2D eigenvalue weighted by Crippen LogP contribution is -2.27. The van der Waals surface area contributed by atoms with Gasteiger partial charge in [0.05, 0.1) is 12.8 Å². The van der Waals surface area contributed by atoms with Gasteiger partial charge in [-0.3, -0.25) is 4.79 Å². The van der Waals surface area contributed by atoms with Crippen molar-refractivity contribution < 1.29 is 13.9 Å². The van der Waals surface area contributed by atoms with E-state index in [4.69, 9.17) is 4.42 Å². The van der Waals surface area contributed by atoms with Gasteiger partial charge in [0.25, 0.3) is 5.56 Å². The number of hydrogen-bond donors (Lipinski definition) is 0. The quantitative estimate of drug-likeness (QED) is 0.808. The molecule has 2 rings (SSSR count). The molecule has 0 aromatic carbocycles. The van der Waals surface area contributed by atoms with E-state index in [1.165, 1.54) is 23.9 Å². The van der Waals surface area contributed by atoms with Gasteiger partial charge in [0.15, 0.2) is 0 Å². The lowest BCUT2D eigenvalue weighted by Gasteiger charge is -2.18. The summed E-state index contributed by atoms with van der Waals surface area (Å²) in [5, 5.41) is 4.34. The third-order valence-electron chi connectivity index (χ3n) is 2.99. The lowest BCUT2D eigenvalue weighted by atomic mass is 9.92. The zero-order chi connectivity index (χ0) is 15.6.